The smallest absolute Gasteiger partial charge is 0.343 e. The van der Waals surface area contributed by atoms with Crippen molar-refractivity contribution in [2.24, 2.45) is 0 Å². The fraction of sp³-hybridized carbons (Fsp3) is 0.118. The Morgan fingerprint density at radius 3 is 1.24 bits per heavy atom. The molecular weight excluding hydrogens is 536 g/mol. The number of esters is 2. The van der Waals surface area contributed by atoms with Crippen molar-refractivity contribution in [1.29, 1.82) is 0 Å². The van der Waals surface area contributed by atoms with Crippen LogP contribution in [0.4, 0.5) is 0 Å². The van der Waals surface area contributed by atoms with Gasteiger partial charge in [-0.25, -0.2) is 9.59 Å². The molecule has 2 heterocycles. The van der Waals surface area contributed by atoms with E-state index >= 15 is 0 Å². The van der Waals surface area contributed by atoms with Gasteiger partial charge in [0.2, 0.25) is 12.2 Å². The molecule has 2 aliphatic heterocycles. The minimum Gasteiger partial charge on any atom is -0.507 e. The van der Waals surface area contributed by atoms with E-state index < -0.39 is 35.7 Å². The van der Waals surface area contributed by atoms with Crippen LogP contribution in [0.5, 0.6) is 11.5 Å². The summed E-state index contributed by atoms with van der Waals surface area (Å²) < 4.78 is 22.3. The maximum absolute atomic E-state index is 12.8. The van der Waals surface area contributed by atoms with Crippen LogP contribution in [0.2, 0.25) is 0 Å². The minimum absolute atomic E-state index is 0.0770. The number of ether oxygens (including phenoxy) is 4. The van der Waals surface area contributed by atoms with Crippen molar-refractivity contribution in [3.63, 3.8) is 0 Å². The summed E-state index contributed by atoms with van der Waals surface area (Å²) in [5.41, 5.74) is 2.65. The van der Waals surface area contributed by atoms with Gasteiger partial charge in [-0.05, 0) is 46.5 Å². The van der Waals surface area contributed by atoms with Crippen LogP contribution < -0.4 is 9.47 Å². The number of hydrogen-bond acceptors (Lipinski definition) is 8. The Morgan fingerprint density at radius 1 is 0.524 bits per heavy atom. The molecule has 210 valence electrons. The molecule has 0 aliphatic carbocycles. The fourth-order valence-corrected chi connectivity index (χ4v) is 4.81. The molecule has 4 aromatic carbocycles. The first-order valence-electron chi connectivity index (χ1n) is 13.3. The van der Waals surface area contributed by atoms with E-state index in [0.29, 0.717) is 35.8 Å². The van der Waals surface area contributed by atoms with E-state index in [1.807, 2.05) is 60.7 Å². The lowest BCUT2D eigenvalue weighted by Gasteiger charge is -2.17. The summed E-state index contributed by atoms with van der Waals surface area (Å²) in [6.07, 6.45) is -2.78. The predicted octanol–water partition coefficient (Wildman–Crippen LogP) is 5.93. The fourth-order valence-electron chi connectivity index (χ4n) is 4.81. The highest BCUT2D eigenvalue weighted by Crippen LogP contribution is 2.39. The molecule has 0 saturated carbocycles. The highest BCUT2D eigenvalue weighted by Gasteiger charge is 2.48. The SMILES string of the molecule is O=C1O[C@H]([C@H]2OC(=O)C(c3ccc(OCc4ccccc4)cc3)=C2O)C(O)=C1c1ccc(OCc2ccccc2)cc1. The summed E-state index contributed by atoms with van der Waals surface area (Å²) in [6, 6.07) is 32.6. The Hall–Kier alpha value is -5.50. The standard InChI is InChI=1S/C34H26O8/c35-29-27(23-11-15-25(16-12-23)39-19-21-7-3-1-4-8-21)33(37)41-31(29)32-30(36)28(34(38)42-32)24-13-17-26(18-14-24)40-20-22-9-5-2-6-10-22/h1-18,31-32,35-36H,19-20H2/t31-,32-/m0/s1. The first-order chi connectivity index (χ1) is 20.5. The summed E-state index contributed by atoms with van der Waals surface area (Å²) in [7, 11) is 0. The van der Waals surface area contributed by atoms with E-state index in [4.69, 9.17) is 18.9 Å². The van der Waals surface area contributed by atoms with Crippen LogP contribution >= 0.6 is 0 Å². The number of hydrogen-bond donors (Lipinski definition) is 2. The van der Waals surface area contributed by atoms with Crippen LogP contribution in [0, 0.1) is 0 Å². The lowest BCUT2D eigenvalue weighted by atomic mass is 10.00. The number of rotatable bonds is 9. The van der Waals surface area contributed by atoms with Crippen LogP contribution in [0.1, 0.15) is 22.3 Å². The Balaban J connectivity index is 1.16. The van der Waals surface area contributed by atoms with Gasteiger partial charge in [0.15, 0.2) is 11.5 Å². The minimum atomic E-state index is -1.39. The van der Waals surface area contributed by atoms with Crippen molar-refractivity contribution >= 4 is 23.1 Å². The van der Waals surface area contributed by atoms with Crippen LogP contribution in [0.3, 0.4) is 0 Å². The Morgan fingerprint density at radius 2 is 0.881 bits per heavy atom. The average Bonchev–Trinajstić information content (AvgIpc) is 3.49. The molecule has 8 heteroatoms. The third-order valence-electron chi connectivity index (χ3n) is 6.99. The Bertz CT molecular complexity index is 1530. The normalized spacial score (nSPS) is 18.2. The van der Waals surface area contributed by atoms with Crippen molar-refractivity contribution < 1.29 is 38.7 Å². The van der Waals surface area contributed by atoms with Crippen molar-refractivity contribution in [3.8, 4) is 11.5 Å². The van der Waals surface area contributed by atoms with E-state index in [1.165, 1.54) is 0 Å². The van der Waals surface area contributed by atoms with E-state index in [2.05, 4.69) is 0 Å². The summed E-state index contributed by atoms with van der Waals surface area (Å²) >= 11 is 0. The zero-order valence-corrected chi connectivity index (χ0v) is 22.3. The molecule has 2 N–H and O–H groups in total. The molecule has 0 fully saturated rings. The Labute approximate surface area is 241 Å². The van der Waals surface area contributed by atoms with Gasteiger partial charge in [0.1, 0.15) is 35.9 Å². The van der Waals surface area contributed by atoms with Crippen molar-refractivity contribution in [2.45, 2.75) is 25.4 Å². The number of carbonyl (C=O) groups excluding carboxylic acids is 2. The molecule has 6 rings (SSSR count). The number of carbonyl (C=O) groups is 2. The first-order valence-corrected chi connectivity index (χ1v) is 13.3. The maximum atomic E-state index is 12.8. The van der Waals surface area contributed by atoms with Crippen LogP contribution in [0.15, 0.2) is 121 Å². The average molecular weight is 563 g/mol. The second-order valence-electron chi connectivity index (χ2n) is 9.77. The van der Waals surface area contributed by atoms with Crippen molar-refractivity contribution in [2.75, 3.05) is 0 Å². The number of benzene rings is 4. The molecule has 0 aromatic heterocycles. The number of aliphatic hydroxyl groups is 2. The molecule has 2 atom stereocenters. The van der Waals surface area contributed by atoms with Gasteiger partial charge in [-0.15, -0.1) is 0 Å². The zero-order chi connectivity index (χ0) is 29.1. The molecule has 0 bridgehead atoms. The molecular formula is C34H26O8. The van der Waals surface area contributed by atoms with E-state index in [0.717, 1.165) is 11.1 Å². The molecule has 4 aromatic rings. The molecule has 0 amide bonds. The second kappa shape index (κ2) is 11.5. The van der Waals surface area contributed by atoms with Gasteiger partial charge in [0.25, 0.3) is 0 Å². The molecule has 0 unspecified atom stereocenters. The van der Waals surface area contributed by atoms with Gasteiger partial charge in [-0.2, -0.15) is 0 Å². The van der Waals surface area contributed by atoms with Crippen LogP contribution in [-0.2, 0) is 32.3 Å². The molecule has 0 spiro atoms. The van der Waals surface area contributed by atoms with E-state index in [1.54, 1.807) is 48.5 Å². The van der Waals surface area contributed by atoms with Gasteiger partial charge in [-0.1, -0.05) is 84.9 Å². The second-order valence-corrected chi connectivity index (χ2v) is 9.77. The van der Waals surface area contributed by atoms with Gasteiger partial charge in [0.05, 0.1) is 0 Å². The third kappa shape index (κ3) is 5.42. The zero-order valence-electron chi connectivity index (χ0n) is 22.3. The monoisotopic (exact) mass is 562 g/mol. The first kappa shape index (κ1) is 26.7. The van der Waals surface area contributed by atoms with Gasteiger partial charge < -0.3 is 29.2 Å². The summed E-state index contributed by atoms with van der Waals surface area (Å²) in [5.74, 6) is -1.31. The van der Waals surface area contributed by atoms with Crippen LogP contribution in [0.25, 0.3) is 11.1 Å². The highest BCUT2D eigenvalue weighted by atomic mass is 16.6. The third-order valence-corrected chi connectivity index (χ3v) is 6.99. The Kier molecular flexibility index (Phi) is 7.34. The quantitative estimate of drug-likeness (QED) is 0.241. The predicted molar refractivity (Wildman–Crippen MR) is 153 cm³/mol. The number of cyclic esters (lactones) is 2. The maximum Gasteiger partial charge on any atom is 0.343 e. The molecule has 8 nitrogen and oxygen atoms in total. The molecule has 2 aliphatic rings. The van der Waals surface area contributed by atoms with Gasteiger partial charge in [-0.3, -0.25) is 0 Å². The van der Waals surface area contributed by atoms with Crippen molar-refractivity contribution in [1.82, 2.24) is 0 Å². The van der Waals surface area contributed by atoms with E-state index in [9.17, 15) is 19.8 Å². The van der Waals surface area contributed by atoms with Gasteiger partial charge in [0, 0.05) is 0 Å². The van der Waals surface area contributed by atoms with Crippen LogP contribution in [-0.4, -0.2) is 34.4 Å². The number of aliphatic hydroxyl groups excluding tert-OH is 2. The highest BCUT2D eigenvalue weighted by molar-refractivity contribution is 6.21. The largest absolute Gasteiger partial charge is 0.507 e. The topological polar surface area (TPSA) is 112 Å². The molecule has 42 heavy (non-hydrogen) atoms. The summed E-state index contributed by atoms with van der Waals surface area (Å²) in [6.45, 7) is 0.755. The lowest BCUT2D eigenvalue weighted by Crippen LogP contribution is -2.31. The lowest BCUT2D eigenvalue weighted by molar-refractivity contribution is -0.152. The van der Waals surface area contributed by atoms with Gasteiger partial charge >= 0.3 is 11.9 Å². The summed E-state index contributed by atoms with van der Waals surface area (Å²) in [4.78, 5) is 25.5. The van der Waals surface area contributed by atoms with Crippen molar-refractivity contribution in [3.05, 3.63) is 143 Å². The summed E-state index contributed by atoms with van der Waals surface area (Å²) in [5, 5.41) is 21.9. The molecule has 0 saturated heterocycles. The van der Waals surface area contributed by atoms with E-state index in [-0.39, 0.29) is 11.1 Å². The molecule has 0 radical (unpaired) electrons.